The van der Waals surface area contributed by atoms with E-state index in [9.17, 15) is 14.7 Å². The van der Waals surface area contributed by atoms with E-state index in [0.29, 0.717) is 96.4 Å². The van der Waals surface area contributed by atoms with E-state index in [1.807, 2.05) is 157 Å². The molecule has 100 heavy (non-hydrogen) atoms. The van der Waals surface area contributed by atoms with Crippen molar-refractivity contribution in [2.45, 2.75) is 47.0 Å². The number of rotatable bonds is 18. The minimum absolute atomic E-state index is 0.248. The van der Waals surface area contributed by atoms with Gasteiger partial charge in [-0.2, -0.15) is 5.10 Å². The molecule has 10 N–H and O–H groups in total. The Hall–Kier alpha value is -13.4. The van der Waals surface area contributed by atoms with Crippen LogP contribution in [0.25, 0.3) is 128 Å². The van der Waals surface area contributed by atoms with E-state index in [1.165, 1.54) is 19.0 Å². The van der Waals surface area contributed by atoms with Crippen molar-refractivity contribution in [3.63, 3.8) is 0 Å². The van der Waals surface area contributed by atoms with Crippen LogP contribution in [-0.4, -0.2) is 86.5 Å². The number of nitrogen functional groups attached to an aromatic ring is 3. The molecule has 2 amide bonds. The molecule has 0 aliphatic carbocycles. The lowest BCUT2D eigenvalue weighted by Crippen LogP contribution is -2.19. The van der Waals surface area contributed by atoms with E-state index in [2.05, 4.69) is 87.9 Å². The lowest BCUT2D eigenvalue weighted by Gasteiger charge is -2.15. The third-order valence-electron chi connectivity index (χ3n) is 17.8. The fourth-order valence-electron chi connectivity index (χ4n) is 13.0. The Kier molecular flexibility index (Phi) is 15.7. The summed E-state index contributed by atoms with van der Waals surface area (Å²) < 4.78 is 14.0. The van der Waals surface area contributed by atoms with Gasteiger partial charge in [-0.3, -0.25) is 14.6 Å². The number of nitrogens with zero attached hydrogens (tertiary/aromatic N) is 13. The fourth-order valence-corrected chi connectivity index (χ4v) is 13.0. The van der Waals surface area contributed by atoms with Crippen LogP contribution in [0, 0.1) is 6.92 Å². The number of nitrogens with one attached hydrogen (secondary N) is 3. The summed E-state index contributed by atoms with van der Waals surface area (Å²) in [6.07, 6.45) is 7.26. The van der Waals surface area contributed by atoms with Gasteiger partial charge in [-0.15, -0.1) is 0 Å². The molecule has 1 atom stereocenters. The summed E-state index contributed by atoms with van der Waals surface area (Å²) in [6, 6.07) is 47.2. The molecule has 0 aliphatic rings. The van der Waals surface area contributed by atoms with Gasteiger partial charge in [0, 0.05) is 82.6 Å². The van der Waals surface area contributed by atoms with Crippen LogP contribution in [0.3, 0.4) is 0 Å². The number of aliphatic hydroxyl groups excluding tert-OH is 1. The number of hydrogen-bond donors (Lipinski definition) is 7. The molecule has 6 aromatic carbocycles. The van der Waals surface area contributed by atoms with Crippen molar-refractivity contribution in [1.82, 2.24) is 63.4 Å². The Labute approximate surface area is 571 Å². The number of carbonyl (C=O) groups excluding carboxylic acids is 2. The van der Waals surface area contributed by atoms with Crippen LogP contribution in [0.4, 0.5) is 34.5 Å². The molecule has 15 rings (SSSR count). The predicted octanol–water partition coefficient (Wildman–Crippen LogP) is 13.8. The first-order valence-corrected chi connectivity index (χ1v) is 31.9. The maximum atomic E-state index is 12.9. The third-order valence-corrected chi connectivity index (χ3v) is 17.8. The van der Waals surface area contributed by atoms with Crippen molar-refractivity contribution in [2.75, 3.05) is 33.2 Å². The highest BCUT2D eigenvalue weighted by Crippen LogP contribution is 2.47. The SMILES string of the molecule is C=C(C)C(=O)Nc1ccc(-c2c(-c3ccc4oc(C)nc4c3)c3c(N)ncnc3n2Cc2cccc(-n3cc(-c4c(-c5ccc(NC(=O)C(=C)C)cc5)n(Cc5ccc6cc(-c7c(-c8ccc(NC(O)C(=C)C)cc8)n(C)c8ncnc(N)c78)ccc6n5)c5ncnc(N)c45)cn3)c2)cc1. The summed E-state index contributed by atoms with van der Waals surface area (Å²) in [4.78, 5) is 63.6. The number of anilines is 6. The number of aromatic nitrogens is 13. The van der Waals surface area contributed by atoms with Gasteiger partial charge in [0.1, 0.15) is 65.1 Å². The Morgan fingerprint density at radius 3 is 1.67 bits per heavy atom. The molecule has 0 radical (unpaired) electrons. The van der Waals surface area contributed by atoms with Crippen LogP contribution in [0.5, 0.6) is 0 Å². The molecule has 0 saturated heterocycles. The van der Waals surface area contributed by atoms with Gasteiger partial charge >= 0.3 is 0 Å². The molecule has 23 nitrogen and oxygen atoms in total. The fraction of sp³-hybridized carbons (Fsp3) is 0.104. The summed E-state index contributed by atoms with van der Waals surface area (Å²) in [7, 11) is 1.96. The highest BCUT2D eigenvalue weighted by atomic mass is 16.3. The zero-order valence-electron chi connectivity index (χ0n) is 55.1. The Morgan fingerprint density at radius 2 is 1.07 bits per heavy atom. The smallest absolute Gasteiger partial charge is 0.250 e. The second kappa shape index (κ2) is 25.0. The molecule has 0 aliphatic heterocycles. The molecular weight excluding hydrogens is 1250 g/mol. The molecule has 15 aromatic rings. The Bertz CT molecular complexity index is 5880. The molecule has 0 bridgehead atoms. The van der Waals surface area contributed by atoms with Crippen LogP contribution >= 0.6 is 0 Å². The normalized spacial score (nSPS) is 11.9. The summed E-state index contributed by atoms with van der Waals surface area (Å²) in [5, 5.41) is 27.3. The maximum absolute atomic E-state index is 12.9. The second-order valence-electron chi connectivity index (χ2n) is 24.8. The molecular formula is C77H65N19O4. The van der Waals surface area contributed by atoms with Crippen molar-refractivity contribution in [2.24, 2.45) is 7.05 Å². The first kappa shape index (κ1) is 62.7. The summed E-state index contributed by atoms with van der Waals surface area (Å²) in [5.41, 5.74) is 39.8. The molecule has 9 heterocycles. The first-order valence-electron chi connectivity index (χ1n) is 31.9. The van der Waals surface area contributed by atoms with E-state index in [1.54, 1.807) is 27.0 Å². The molecule has 492 valence electrons. The lowest BCUT2D eigenvalue weighted by molar-refractivity contribution is -0.113. The monoisotopic (exact) mass is 1320 g/mol. The van der Waals surface area contributed by atoms with E-state index in [-0.39, 0.29) is 24.2 Å². The van der Waals surface area contributed by atoms with Crippen LogP contribution in [0.15, 0.2) is 218 Å². The predicted molar refractivity (Wildman–Crippen MR) is 394 cm³/mol. The van der Waals surface area contributed by atoms with Gasteiger partial charge in [-0.05, 0) is 139 Å². The van der Waals surface area contributed by atoms with Gasteiger partial charge in [0.15, 0.2) is 11.5 Å². The average Bonchev–Trinajstić information content (AvgIpc) is 1.59. The topological polar surface area (TPSA) is 317 Å². The largest absolute Gasteiger partial charge is 0.441 e. The number of benzene rings is 6. The summed E-state index contributed by atoms with van der Waals surface area (Å²) >= 11 is 0. The number of hydrogen-bond acceptors (Lipinski definition) is 17. The number of aliphatic hydroxyl groups is 1. The van der Waals surface area contributed by atoms with Crippen LogP contribution in [-0.2, 0) is 29.7 Å². The quantitative estimate of drug-likeness (QED) is 0.0238. The van der Waals surface area contributed by atoms with Gasteiger partial charge in [-0.25, -0.2) is 39.6 Å². The van der Waals surface area contributed by atoms with Crippen molar-refractivity contribution in [3.05, 3.63) is 231 Å². The standard InChI is InChI=1S/C77H65N19O4/c1-40(2)75(97)90-52-21-12-45(13-22-52)66-60(63-69(78)81-37-84-72(63)93(66)8)49-19-28-57-48(31-49)18-27-55(89-57)36-95-68(47-16-25-54(26-17-47)92-77(99)42(5)6)62(65-71(80)83-39-86-74(65)95)51-33-87-96(35-51)56-11-9-10-44(30-56)34-94-67(46-14-23-53(24-15-46)91-76(98)41(3)4)61(64-70(79)82-38-85-73(64)94)50-20-29-59-58(32-50)88-43(7)100-59/h9-33,35,37-39,75,90,97H,1,3,5,34,36H2,2,4,6-8H3,(H,91,98)(H,92,99)(H2,78,81,84)(H2,79,82,85)(H2,80,83,86). The third kappa shape index (κ3) is 11.3. The summed E-state index contributed by atoms with van der Waals surface area (Å²) in [6.45, 7) is 19.0. The van der Waals surface area contributed by atoms with Crippen molar-refractivity contribution in [1.29, 1.82) is 0 Å². The van der Waals surface area contributed by atoms with Crippen molar-refractivity contribution in [3.8, 4) is 72.8 Å². The number of oxazole rings is 1. The molecule has 0 fully saturated rings. The number of carbonyl (C=O) groups is 2. The number of fused-ring (bicyclic) bond motifs is 5. The maximum Gasteiger partial charge on any atom is 0.250 e. The minimum atomic E-state index is -0.898. The minimum Gasteiger partial charge on any atom is -0.441 e. The van der Waals surface area contributed by atoms with Gasteiger partial charge in [0.2, 0.25) is 0 Å². The van der Waals surface area contributed by atoms with E-state index < -0.39 is 6.23 Å². The van der Waals surface area contributed by atoms with Gasteiger partial charge in [0.25, 0.3) is 11.8 Å². The molecule has 0 saturated carbocycles. The molecule has 0 spiro atoms. The first-order chi connectivity index (χ1) is 48.3. The Balaban J connectivity index is 0.815. The summed E-state index contributed by atoms with van der Waals surface area (Å²) in [5.74, 6) is 0.854. The highest BCUT2D eigenvalue weighted by molar-refractivity contribution is 6.12. The van der Waals surface area contributed by atoms with Crippen LogP contribution in [0.1, 0.15) is 37.9 Å². The average molecular weight is 1320 g/mol. The Morgan fingerprint density at radius 1 is 0.550 bits per heavy atom. The number of nitrogens with two attached hydrogens (primary N) is 3. The highest BCUT2D eigenvalue weighted by Gasteiger charge is 2.29. The van der Waals surface area contributed by atoms with Crippen molar-refractivity contribution >= 4 is 101 Å². The lowest BCUT2D eigenvalue weighted by atomic mass is 9.97. The second-order valence-corrected chi connectivity index (χ2v) is 24.8. The van der Waals surface area contributed by atoms with E-state index in [0.717, 1.165) is 101 Å². The van der Waals surface area contributed by atoms with Crippen molar-refractivity contribution < 1.29 is 19.1 Å². The molecule has 9 aromatic heterocycles. The molecule has 23 heteroatoms. The van der Waals surface area contributed by atoms with Crippen LogP contribution < -0.4 is 33.2 Å². The number of pyridine rings is 1. The zero-order chi connectivity index (χ0) is 69.4. The van der Waals surface area contributed by atoms with Crippen LogP contribution in [0.2, 0.25) is 0 Å². The van der Waals surface area contributed by atoms with Gasteiger partial charge in [0.05, 0.1) is 62.9 Å². The van der Waals surface area contributed by atoms with Gasteiger partial charge < -0.3 is 56.4 Å². The zero-order valence-corrected chi connectivity index (χ0v) is 55.1. The van der Waals surface area contributed by atoms with E-state index >= 15 is 0 Å². The number of aryl methyl sites for hydroxylation is 2. The van der Waals surface area contributed by atoms with E-state index in [4.69, 9.17) is 41.7 Å². The van der Waals surface area contributed by atoms with Gasteiger partial charge in [-0.1, -0.05) is 86.5 Å². The number of amides is 2. The molecule has 1 unspecified atom stereocenters.